The summed E-state index contributed by atoms with van der Waals surface area (Å²) in [5, 5.41) is 12.6. The number of carbonyl (C=O) groups excluding carboxylic acids is 2. The van der Waals surface area contributed by atoms with Gasteiger partial charge in [0.2, 0.25) is 11.3 Å². The largest absolute Gasteiger partial charge is 0.504 e. The highest BCUT2D eigenvalue weighted by Crippen LogP contribution is 2.34. The molecule has 1 aliphatic heterocycles. The Morgan fingerprint density at radius 3 is 2.43 bits per heavy atom. The number of nitrogens with zero attached hydrogens (tertiary/aromatic N) is 7. The SMILES string of the molecule is C=Cc1nc2c(=O)c(N3CCN(C(=O)c4ncnc(C)c4O)CC3)c(CC)n(CC(=O)Nc3ccc(C(F)(F)F)cc3Cl)c2nc1C. The van der Waals surface area contributed by atoms with E-state index in [1.165, 1.54) is 17.3 Å². The van der Waals surface area contributed by atoms with Crippen LogP contribution in [0.15, 0.2) is 35.9 Å². The number of hydrogen-bond donors (Lipinski definition) is 2. The minimum atomic E-state index is -4.61. The highest BCUT2D eigenvalue weighted by Gasteiger charge is 2.32. The number of amides is 2. The lowest BCUT2D eigenvalue weighted by Crippen LogP contribution is -2.50. The number of alkyl halides is 3. The highest BCUT2D eigenvalue weighted by molar-refractivity contribution is 6.33. The summed E-state index contributed by atoms with van der Waals surface area (Å²) in [5.74, 6) is -1.40. The number of nitrogens with one attached hydrogen (secondary N) is 1. The predicted molar refractivity (Wildman–Crippen MR) is 170 cm³/mol. The molecule has 5 rings (SSSR count). The lowest BCUT2D eigenvalue weighted by molar-refractivity contribution is -0.137. The zero-order valence-electron chi connectivity index (χ0n) is 25.7. The Labute approximate surface area is 271 Å². The Bertz CT molecular complexity index is 1970. The summed E-state index contributed by atoms with van der Waals surface area (Å²) in [6.45, 7) is 9.33. The quantitative estimate of drug-likeness (QED) is 0.292. The lowest BCUT2D eigenvalue weighted by Gasteiger charge is -2.37. The molecule has 12 nitrogen and oxygen atoms in total. The third-order valence-electron chi connectivity index (χ3n) is 7.86. The van der Waals surface area contributed by atoms with E-state index in [1.807, 2.05) is 11.8 Å². The molecule has 246 valence electrons. The first-order valence-corrected chi connectivity index (χ1v) is 14.9. The molecule has 47 heavy (non-hydrogen) atoms. The van der Waals surface area contributed by atoms with Crippen LogP contribution in [0.25, 0.3) is 17.2 Å². The monoisotopic (exact) mass is 670 g/mol. The zero-order chi connectivity index (χ0) is 34.2. The summed E-state index contributed by atoms with van der Waals surface area (Å²) in [4.78, 5) is 60.9. The molecule has 0 spiro atoms. The number of carbonyl (C=O) groups is 2. The van der Waals surface area contributed by atoms with Gasteiger partial charge >= 0.3 is 6.18 Å². The minimum Gasteiger partial charge on any atom is -0.504 e. The van der Waals surface area contributed by atoms with Crippen molar-refractivity contribution in [1.82, 2.24) is 29.4 Å². The number of piperazine rings is 1. The first kappa shape index (κ1) is 33.3. The van der Waals surface area contributed by atoms with Crippen LogP contribution in [0.4, 0.5) is 24.5 Å². The van der Waals surface area contributed by atoms with Gasteiger partial charge in [-0.25, -0.2) is 19.9 Å². The number of hydrogen-bond acceptors (Lipinski definition) is 9. The molecular weight excluding hydrogens is 641 g/mol. The van der Waals surface area contributed by atoms with Gasteiger partial charge in [-0.1, -0.05) is 25.1 Å². The fraction of sp³-hybridized carbons (Fsp3) is 0.323. The second-order valence-corrected chi connectivity index (χ2v) is 11.2. The van der Waals surface area contributed by atoms with E-state index in [4.69, 9.17) is 11.6 Å². The van der Waals surface area contributed by atoms with Crippen molar-refractivity contribution in [2.24, 2.45) is 0 Å². The first-order chi connectivity index (χ1) is 22.2. The molecule has 16 heteroatoms. The number of pyridine rings is 1. The predicted octanol–water partition coefficient (Wildman–Crippen LogP) is 4.38. The third kappa shape index (κ3) is 6.48. The van der Waals surface area contributed by atoms with E-state index in [1.54, 1.807) is 18.4 Å². The van der Waals surface area contributed by atoms with Crippen molar-refractivity contribution in [2.45, 2.75) is 39.9 Å². The van der Waals surface area contributed by atoms with Gasteiger partial charge in [-0.15, -0.1) is 0 Å². The molecule has 4 aromatic rings. The van der Waals surface area contributed by atoms with E-state index < -0.39 is 29.0 Å². The Morgan fingerprint density at radius 1 is 1.11 bits per heavy atom. The van der Waals surface area contributed by atoms with E-state index in [2.05, 4.69) is 31.8 Å². The molecule has 0 atom stereocenters. The molecule has 1 aliphatic rings. The molecule has 0 bridgehead atoms. The minimum absolute atomic E-state index is 0.00190. The van der Waals surface area contributed by atoms with Gasteiger partial charge < -0.3 is 24.8 Å². The molecule has 1 saturated heterocycles. The highest BCUT2D eigenvalue weighted by atomic mass is 35.5. The topological polar surface area (TPSA) is 146 Å². The maximum atomic E-state index is 14.1. The second kappa shape index (κ2) is 13.0. The van der Waals surface area contributed by atoms with Gasteiger partial charge in [0.05, 0.1) is 33.4 Å². The van der Waals surface area contributed by atoms with Crippen LogP contribution < -0.4 is 15.6 Å². The van der Waals surface area contributed by atoms with E-state index in [0.29, 0.717) is 23.5 Å². The summed E-state index contributed by atoms with van der Waals surface area (Å²) in [6.07, 6.45) is -1.64. The summed E-state index contributed by atoms with van der Waals surface area (Å²) in [5.41, 5.74) is 0.509. The molecule has 4 heterocycles. The van der Waals surface area contributed by atoms with Crippen LogP contribution in [0.2, 0.25) is 5.02 Å². The van der Waals surface area contributed by atoms with Crippen LogP contribution in [0, 0.1) is 13.8 Å². The average Bonchev–Trinajstić information content (AvgIpc) is 3.03. The van der Waals surface area contributed by atoms with Gasteiger partial charge in [0.25, 0.3) is 5.91 Å². The Hall–Kier alpha value is -5.05. The molecule has 2 amide bonds. The molecule has 1 aromatic carbocycles. The number of rotatable bonds is 7. The van der Waals surface area contributed by atoms with E-state index in [9.17, 15) is 32.7 Å². The van der Waals surface area contributed by atoms with Gasteiger partial charge in [0, 0.05) is 31.9 Å². The molecule has 0 radical (unpaired) electrons. The number of anilines is 2. The second-order valence-electron chi connectivity index (χ2n) is 10.8. The number of aromatic nitrogens is 5. The van der Waals surface area contributed by atoms with Crippen molar-refractivity contribution in [3.8, 4) is 5.75 Å². The van der Waals surface area contributed by atoms with Crippen LogP contribution in [-0.2, 0) is 23.9 Å². The maximum absolute atomic E-state index is 14.1. The zero-order valence-corrected chi connectivity index (χ0v) is 26.4. The van der Waals surface area contributed by atoms with Crippen molar-refractivity contribution in [3.63, 3.8) is 0 Å². The number of aryl methyl sites for hydroxylation is 2. The van der Waals surface area contributed by atoms with Gasteiger partial charge in [-0.05, 0) is 44.5 Å². The van der Waals surface area contributed by atoms with Gasteiger partial charge in [0.1, 0.15) is 18.6 Å². The summed E-state index contributed by atoms with van der Waals surface area (Å²) in [6, 6.07) is 2.61. The molecule has 3 aromatic heterocycles. The van der Waals surface area contributed by atoms with Gasteiger partial charge in [-0.2, -0.15) is 13.2 Å². The third-order valence-corrected chi connectivity index (χ3v) is 8.18. The summed E-state index contributed by atoms with van der Waals surface area (Å²) >= 11 is 6.08. The van der Waals surface area contributed by atoms with Gasteiger partial charge in [0.15, 0.2) is 22.6 Å². The van der Waals surface area contributed by atoms with E-state index in [0.717, 1.165) is 18.2 Å². The van der Waals surface area contributed by atoms with E-state index in [-0.39, 0.29) is 77.4 Å². The maximum Gasteiger partial charge on any atom is 0.416 e. The first-order valence-electron chi connectivity index (χ1n) is 14.5. The standard InChI is InChI=1S/C31H30ClF3N8O4/c1-5-20-16(3)38-29-24(40-20)28(46)26(41-9-11-42(12-10-41)30(47)25-27(45)17(4)36-15-37-25)22(6-2)43(29)14-23(44)39-21-8-7-18(13-19(21)32)31(33,34)35/h5,7-8,13,15,45H,1,6,9-12,14H2,2-4H3,(H,39,44). The van der Waals surface area contributed by atoms with E-state index >= 15 is 0 Å². The molecule has 0 unspecified atom stereocenters. The number of halogens is 4. The Morgan fingerprint density at radius 2 is 1.81 bits per heavy atom. The molecule has 0 saturated carbocycles. The fourth-order valence-corrected chi connectivity index (χ4v) is 5.67. The number of aromatic hydroxyl groups is 1. The average molecular weight is 671 g/mol. The molecule has 2 N–H and O–H groups in total. The van der Waals surface area contributed by atoms with Crippen molar-refractivity contribution < 1.29 is 27.9 Å². The van der Waals surface area contributed by atoms with Crippen LogP contribution in [0.5, 0.6) is 5.75 Å². The Balaban J connectivity index is 1.51. The van der Waals surface area contributed by atoms with Crippen LogP contribution >= 0.6 is 11.6 Å². The lowest BCUT2D eigenvalue weighted by atomic mass is 10.1. The van der Waals surface area contributed by atoms with Crippen LogP contribution in [-0.4, -0.2) is 72.5 Å². The molecular formula is C31H30ClF3N8O4. The van der Waals surface area contributed by atoms with Crippen LogP contribution in [0.3, 0.4) is 0 Å². The van der Waals surface area contributed by atoms with Crippen molar-refractivity contribution >= 4 is 52.0 Å². The van der Waals surface area contributed by atoms with Crippen molar-refractivity contribution in [3.05, 3.63) is 80.4 Å². The van der Waals surface area contributed by atoms with Gasteiger partial charge in [-0.3, -0.25) is 14.4 Å². The fourth-order valence-electron chi connectivity index (χ4n) is 5.44. The van der Waals surface area contributed by atoms with Crippen molar-refractivity contribution in [2.75, 3.05) is 36.4 Å². The van der Waals surface area contributed by atoms with Crippen molar-refractivity contribution in [1.29, 1.82) is 0 Å². The smallest absolute Gasteiger partial charge is 0.416 e. The Kier molecular flexibility index (Phi) is 9.20. The molecule has 1 fully saturated rings. The summed E-state index contributed by atoms with van der Waals surface area (Å²) in [7, 11) is 0. The molecule has 0 aliphatic carbocycles. The number of benzene rings is 1. The normalized spacial score (nSPS) is 13.6. The summed E-state index contributed by atoms with van der Waals surface area (Å²) < 4.78 is 40.9. The van der Waals surface area contributed by atoms with Crippen LogP contribution in [0.1, 0.15) is 45.8 Å². The number of fused-ring (bicyclic) bond motifs is 1.